The molecule has 0 aliphatic rings. The molecule has 1 aromatic heterocycles. The van der Waals surface area contributed by atoms with Crippen molar-refractivity contribution in [3.05, 3.63) is 23.9 Å². The van der Waals surface area contributed by atoms with E-state index in [-0.39, 0.29) is 0 Å². The number of pyridine rings is 1. The molecule has 1 N–H and O–H groups in total. The topological polar surface area (TPSA) is 28.2 Å². The van der Waals surface area contributed by atoms with Crippen molar-refractivity contribution < 1.29 is 0 Å². The Morgan fingerprint density at radius 2 is 2.19 bits per heavy atom. The molecule has 1 rings (SSSR count). The molecule has 0 fully saturated rings. The van der Waals surface area contributed by atoms with Gasteiger partial charge in [0, 0.05) is 25.8 Å². The monoisotopic (exact) mass is 221 g/mol. The van der Waals surface area contributed by atoms with Gasteiger partial charge in [-0.05, 0) is 37.6 Å². The third kappa shape index (κ3) is 3.49. The lowest BCUT2D eigenvalue weighted by atomic mass is 10.2. The SMILES string of the molecule is CCNCc1ccnc(N(C)C(C)CC)c1. The second-order valence-electron chi connectivity index (χ2n) is 4.17. The molecular formula is C13H23N3. The van der Waals surface area contributed by atoms with Gasteiger partial charge >= 0.3 is 0 Å². The third-order valence-electron chi connectivity index (χ3n) is 3.00. The predicted octanol–water partition coefficient (Wildman–Crippen LogP) is 2.43. The van der Waals surface area contributed by atoms with Gasteiger partial charge in [0.15, 0.2) is 0 Å². The average Bonchev–Trinajstić information content (AvgIpc) is 2.34. The van der Waals surface area contributed by atoms with Gasteiger partial charge in [0.25, 0.3) is 0 Å². The molecule has 3 heteroatoms. The van der Waals surface area contributed by atoms with Gasteiger partial charge in [-0.1, -0.05) is 13.8 Å². The van der Waals surface area contributed by atoms with Crippen LogP contribution in [0.15, 0.2) is 18.3 Å². The smallest absolute Gasteiger partial charge is 0.128 e. The van der Waals surface area contributed by atoms with Gasteiger partial charge in [0.05, 0.1) is 0 Å². The van der Waals surface area contributed by atoms with Crippen LogP contribution in [0.2, 0.25) is 0 Å². The van der Waals surface area contributed by atoms with Crippen molar-refractivity contribution in [1.29, 1.82) is 0 Å². The summed E-state index contributed by atoms with van der Waals surface area (Å²) in [6.45, 7) is 8.45. The summed E-state index contributed by atoms with van der Waals surface area (Å²) < 4.78 is 0. The summed E-state index contributed by atoms with van der Waals surface area (Å²) >= 11 is 0. The van der Waals surface area contributed by atoms with Gasteiger partial charge in [0.2, 0.25) is 0 Å². The normalized spacial score (nSPS) is 12.5. The summed E-state index contributed by atoms with van der Waals surface area (Å²) in [5.41, 5.74) is 1.29. The van der Waals surface area contributed by atoms with Crippen molar-refractivity contribution in [1.82, 2.24) is 10.3 Å². The second-order valence-corrected chi connectivity index (χ2v) is 4.17. The Labute approximate surface area is 98.9 Å². The van der Waals surface area contributed by atoms with Crippen LogP contribution in [0.25, 0.3) is 0 Å². The Hall–Kier alpha value is -1.09. The van der Waals surface area contributed by atoms with Crippen LogP contribution in [0.1, 0.15) is 32.8 Å². The van der Waals surface area contributed by atoms with Crippen LogP contribution in [-0.4, -0.2) is 24.6 Å². The van der Waals surface area contributed by atoms with E-state index in [1.165, 1.54) is 5.56 Å². The van der Waals surface area contributed by atoms with Crippen molar-refractivity contribution in [3.63, 3.8) is 0 Å². The van der Waals surface area contributed by atoms with Crippen molar-refractivity contribution in [2.45, 2.75) is 39.8 Å². The quantitative estimate of drug-likeness (QED) is 0.799. The summed E-state index contributed by atoms with van der Waals surface area (Å²) in [5.74, 6) is 1.06. The second kappa shape index (κ2) is 6.48. The van der Waals surface area contributed by atoms with Gasteiger partial charge in [-0.2, -0.15) is 0 Å². The van der Waals surface area contributed by atoms with Gasteiger partial charge in [-0.3, -0.25) is 0 Å². The zero-order chi connectivity index (χ0) is 12.0. The molecular weight excluding hydrogens is 198 g/mol. The van der Waals surface area contributed by atoms with Gasteiger partial charge in [0.1, 0.15) is 5.82 Å². The first-order valence-electron chi connectivity index (χ1n) is 6.07. The largest absolute Gasteiger partial charge is 0.357 e. The van der Waals surface area contributed by atoms with E-state index < -0.39 is 0 Å². The van der Waals surface area contributed by atoms with E-state index >= 15 is 0 Å². The van der Waals surface area contributed by atoms with Crippen LogP contribution >= 0.6 is 0 Å². The minimum absolute atomic E-state index is 0.530. The van der Waals surface area contributed by atoms with E-state index in [9.17, 15) is 0 Å². The van der Waals surface area contributed by atoms with Crippen molar-refractivity contribution in [3.8, 4) is 0 Å². The maximum absolute atomic E-state index is 4.41. The van der Waals surface area contributed by atoms with E-state index in [2.05, 4.69) is 55.2 Å². The van der Waals surface area contributed by atoms with Gasteiger partial charge in [-0.15, -0.1) is 0 Å². The van der Waals surface area contributed by atoms with Crippen LogP contribution in [-0.2, 0) is 6.54 Å². The predicted molar refractivity (Wildman–Crippen MR) is 69.8 cm³/mol. The molecule has 0 aliphatic carbocycles. The average molecular weight is 221 g/mol. The maximum Gasteiger partial charge on any atom is 0.128 e. The molecule has 0 bridgehead atoms. The molecule has 0 saturated carbocycles. The van der Waals surface area contributed by atoms with Crippen LogP contribution < -0.4 is 10.2 Å². The highest BCUT2D eigenvalue weighted by molar-refractivity contribution is 5.41. The Bertz CT molecular complexity index is 312. The van der Waals surface area contributed by atoms with E-state index in [1.807, 2.05) is 6.20 Å². The fourth-order valence-electron chi connectivity index (χ4n) is 1.53. The number of anilines is 1. The highest BCUT2D eigenvalue weighted by atomic mass is 15.2. The summed E-state index contributed by atoms with van der Waals surface area (Å²) in [5, 5.41) is 3.33. The molecule has 0 saturated heterocycles. The molecule has 0 amide bonds. The van der Waals surface area contributed by atoms with Crippen LogP contribution in [0.5, 0.6) is 0 Å². The zero-order valence-corrected chi connectivity index (χ0v) is 10.8. The molecule has 3 nitrogen and oxygen atoms in total. The molecule has 0 spiro atoms. The van der Waals surface area contributed by atoms with Gasteiger partial charge in [-0.25, -0.2) is 4.98 Å². The highest BCUT2D eigenvalue weighted by Crippen LogP contribution is 2.14. The summed E-state index contributed by atoms with van der Waals surface area (Å²) in [4.78, 5) is 6.65. The lowest BCUT2D eigenvalue weighted by molar-refractivity contribution is 0.655. The Morgan fingerprint density at radius 3 is 2.81 bits per heavy atom. The first-order chi connectivity index (χ1) is 7.69. The first kappa shape index (κ1) is 13.0. The Kier molecular flexibility index (Phi) is 5.26. The molecule has 0 aliphatic heterocycles. The van der Waals surface area contributed by atoms with Crippen LogP contribution in [0.4, 0.5) is 5.82 Å². The van der Waals surface area contributed by atoms with Gasteiger partial charge < -0.3 is 10.2 Å². The Morgan fingerprint density at radius 1 is 1.44 bits per heavy atom. The van der Waals surface area contributed by atoms with Crippen molar-refractivity contribution >= 4 is 5.82 Å². The summed E-state index contributed by atoms with van der Waals surface area (Å²) in [6.07, 6.45) is 3.02. The van der Waals surface area contributed by atoms with Crippen LogP contribution in [0.3, 0.4) is 0 Å². The van der Waals surface area contributed by atoms with E-state index in [0.717, 1.165) is 25.3 Å². The fraction of sp³-hybridized carbons (Fsp3) is 0.615. The number of nitrogens with one attached hydrogen (secondary N) is 1. The molecule has 1 heterocycles. The lowest BCUT2D eigenvalue weighted by Crippen LogP contribution is -2.28. The minimum atomic E-state index is 0.530. The summed E-state index contributed by atoms with van der Waals surface area (Å²) in [7, 11) is 2.10. The number of nitrogens with zero attached hydrogens (tertiary/aromatic N) is 2. The zero-order valence-electron chi connectivity index (χ0n) is 10.8. The number of rotatable bonds is 6. The van der Waals surface area contributed by atoms with E-state index in [4.69, 9.17) is 0 Å². The summed E-state index contributed by atoms with van der Waals surface area (Å²) in [6, 6.07) is 4.76. The molecule has 16 heavy (non-hydrogen) atoms. The standard InChI is InChI=1S/C13H23N3/c1-5-11(3)16(4)13-9-12(7-8-15-13)10-14-6-2/h7-9,11,14H,5-6,10H2,1-4H3. The van der Waals surface area contributed by atoms with Crippen molar-refractivity contribution in [2.75, 3.05) is 18.5 Å². The Balaban J connectivity index is 2.73. The fourth-order valence-corrected chi connectivity index (χ4v) is 1.53. The number of hydrogen-bond donors (Lipinski definition) is 1. The number of aromatic nitrogens is 1. The molecule has 1 aromatic rings. The van der Waals surface area contributed by atoms with E-state index in [1.54, 1.807) is 0 Å². The minimum Gasteiger partial charge on any atom is -0.357 e. The van der Waals surface area contributed by atoms with Crippen LogP contribution in [0, 0.1) is 0 Å². The lowest BCUT2D eigenvalue weighted by Gasteiger charge is -2.25. The first-order valence-corrected chi connectivity index (χ1v) is 6.07. The molecule has 0 radical (unpaired) electrons. The highest BCUT2D eigenvalue weighted by Gasteiger charge is 2.09. The molecule has 0 aromatic carbocycles. The number of hydrogen-bond acceptors (Lipinski definition) is 3. The van der Waals surface area contributed by atoms with Crippen molar-refractivity contribution in [2.24, 2.45) is 0 Å². The maximum atomic E-state index is 4.41. The molecule has 90 valence electrons. The third-order valence-corrected chi connectivity index (χ3v) is 3.00. The van der Waals surface area contributed by atoms with E-state index in [0.29, 0.717) is 6.04 Å². The molecule has 1 unspecified atom stereocenters. The molecule has 1 atom stereocenters.